The first-order valence-corrected chi connectivity index (χ1v) is 7.53. The van der Waals surface area contributed by atoms with Crippen LogP contribution in [0.25, 0.3) is 0 Å². The summed E-state index contributed by atoms with van der Waals surface area (Å²) < 4.78 is 25.9. The number of carbonyl (C=O) groups excluding carboxylic acids is 1. The van der Waals surface area contributed by atoms with Crippen LogP contribution in [0, 0.1) is 5.41 Å². The molecular formula is C13H19F2N3OS. The highest BCUT2D eigenvalue weighted by atomic mass is 32.1. The Bertz CT molecular complexity index is 450. The van der Waals surface area contributed by atoms with Gasteiger partial charge in [0.2, 0.25) is 5.91 Å². The molecule has 1 saturated heterocycles. The van der Waals surface area contributed by atoms with Crippen LogP contribution in [0.2, 0.25) is 0 Å². The minimum absolute atomic E-state index is 0.464. The number of thiazole rings is 1. The maximum absolute atomic E-state index is 13.0. The SMILES string of the molecule is CC(C)(C(=O)N1CCCN(c2nccs2)CC1)C(F)F. The molecule has 1 aliphatic rings. The zero-order chi connectivity index (χ0) is 14.8. The van der Waals surface area contributed by atoms with E-state index in [4.69, 9.17) is 0 Å². The molecule has 0 unspecified atom stereocenters. The van der Waals surface area contributed by atoms with Gasteiger partial charge < -0.3 is 9.80 Å². The Hall–Kier alpha value is -1.24. The largest absolute Gasteiger partial charge is 0.346 e. The third kappa shape index (κ3) is 3.08. The molecule has 0 N–H and O–H groups in total. The maximum atomic E-state index is 13.0. The fourth-order valence-corrected chi connectivity index (χ4v) is 2.88. The number of nitrogens with zero attached hydrogens (tertiary/aromatic N) is 3. The van der Waals surface area contributed by atoms with E-state index in [-0.39, 0.29) is 0 Å². The van der Waals surface area contributed by atoms with E-state index in [0.717, 1.165) is 18.1 Å². The second-order valence-corrected chi connectivity index (χ2v) is 6.34. The molecular weight excluding hydrogens is 284 g/mol. The first-order valence-electron chi connectivity index (χ1n) is 6.65. The van der Waals surface area contributed by atoms with Gasteiger partial charge >= 0.3 is 0 Å². The summed E-state index contributed by atoms with van der Waals surface area (Å²) in [6.45, 7) is 5.05. The Balaban J connectivity index is 2.01. The van der Waals surface area contributed by atoms with Crippen molar-refractivity contribution in [3.63, 3.8) is 0 Å². The smallest absolute Gasteiger partial charge is 0.252 e. The molecule has 1 fully saturated rings. The van der Waals surface area contributed by atoms with E-state index < -0.39 is 17.7 Å². The summed E-state index contributed by atoms with van der Waals surface area (Å²) in [4.78, 5) is 20.1. The number of anilines is 1. The van der Waals surface area contributed by atoms with Crippen molar-refractivity contribution in [3.8, 4) is 0 Å². The van der Waals surface area contributed by atoms with Crippen LogP contribution < -0.4 is 4.90 Å². The van der Waals surface area contributed by atoms with E-state index in [0.29, 0.717) is 19.6 Å². The van der Waals surface area contributed by atoms with Crippen molar-refractivity contribution in [2.45, 2.75) is 26.7 Å². The lowest BCUT2D eigenvalue weighted by atomic mass is 9.92. The molecule has 0 aromatic carbocycles. The molecule has 0 radical (unpaired) electrons. The fraction of sp³-hybridized carbons (Fsp3) is 0.692. The normalized spacial score (nSPS) is 17.4. The summed E-state index contributed by atoms with van der Waals surface area (Å²) in [6.07, 6.45) is -0.133. The molecule has 0 atom stereocenters. The first kappa shape index (κ1) is 15.2. The van der Waals surface area contributed by atoms with Gasteiger partial charge in [-0.05, 0) is 20.3 Å². The molecule has 1 aliphatic heterocycles. The number of aromatic nitrogens is 1. The maximum Gasteiger partial charge on any atom is 0.252 e. The van der Waals surface area contributed by atoms with Crippen LogP contribution in [0.3, 0.4) is 0 Å². The predicted molar refractivity (Wildman–Crippen MR) is 75.3 cm³/mol. The topological polar surface area (TPSA) is 36.4 Å². The van der Waals surface area contributed by atoms with E-state index in [2.05, 4.69) is 9.88 Å². The van der Waals surface area contributed by atoms with E-state index in [1.807, 2.05) is 5.38 Å². The average Bonchev–Trinajstić information content (AvgIpc) is 2.82. The van der Waals surface area contributed by atoms with Gasteiger partial charge in [-0.15, -0.1) is 11.3 Å². The van der Waals surface area contributed by atoms with E-state index in [1.54, 1.807) is 22.4 Å². The molecule has 1 amide bonds. The molecule has 0 spiro atoms. The highest BCUT2D eigenvalue weighted by molar-refractivity contribution is 7.13. The van der Waals surface area contributed by atoms with Crippen LogP contribution in [-0.4, -0.2) is 48.4 Å². The summed E-state index contributed by atoms with van der Waals surface area (Å²) in [7, 11) is 0. The lowest BCUT2D eigenvalue weighted by Crippen LogP contribution is -2.46. The van der Waals surface area contributed by atoms with Crippen LogP contribution in [-0.2, 0) is 4.79 Å². The van der Waals surface area contributed by atoms with Gasteiger partial charge in [0.1, 0.15) is 5.41 Å². The molecule has 0 saturated carbocycles. The van der Waals surface area contributed by atoms with Gasteiger partial charge in [-0.2, -0.15) is 0 Å². The molecule has 2 heterocycles. The number of amides is 1. The zero-order valence-electron chi connectivity index (χ0n) is 11.7. The van der Waals surface area contributed by atoms with Gasteiger partial charge in [0.25, 0.3) is 6.43 Å². The highest BCUT2D eigenvalue weighted by Crippen LogP contribution is 2.28. The fourth-order valence-electron chi connectivity index (χ4n) is 2.18. The van der Waals surface area contributed by atoms with E-state index >= 15 is 0 Å². The van der Waals surface area contributed by atoms with Gasteiger partial charge in [0, 0.05) is 37.8 Å². The molecule has 0 bridgehead atoms. The minimum Gasteiger partial charge on any atom is -0.346 e. The second-order valence-electron chi connectivity index (χ2n) is 5.47. The number of hydrogen-bond acceptors (Lipinski definition) is 4. The quantitative estimate of drug-likeness (QED) is 0.861. The summed E-state index contributed by atoms with van der Waals surface area (Å²) in [5, 5.41) is 2.83. The minimum atomic E-state index is -2.65. The van der Waals surface area contributed by atoms with Crippen molar-refractivity contribution in [1.29, 1.82) is 0 Å². The Morgan fingerprint density at radius 1 is 1.35 bits per heavy atom. The standard InChI is InChI=1S/C13H19F2N3OS/c1-13(2,10(14)15)11(19)17-5-3-6-18(8-7-17)12-16-4-9-20-12/h4,9-10H,3,5-8H2,1-2H3. The summed E-state index contributed by atoms with van der Waals surface area (Å²) in [6, 6.07) is 0. The summed E-state index contributed by atoms with van der Waals surface area (Å²) >= 11 is 1.55. The lowest BCUT2D eigenvalue weighted by molar-refractivity contribution is -0.148. The van der Waals surface area contributed by atoms with Gasteiger partial charge in [-0.3, -0.25) is 4.79 Å². The Kier molecular flexibility index (Phi) is 4.57. The molecule has 2 rings (SSSR count). The van der Waals surface area contributed by atoms with Crippen molar-refractivity contribution in [1.82, 2.24) is 9.88 Å². The Labute approximate surface area is 121 Å². The second kappa shape index (κ2) is 6.03. The van der Waals surface area contributed by atoms with Crippen molar-refractivity contribution >= 4 is 22.4 Å². The van der Waals surface area contributed by atoms with E-state index in [1.165, 1.54) is 13.8 Å². The summed E-state index contributed by atoms with van der Waals surface area (Å²) in [5.74, 6) is -0.464. The van der Waals surface area contributed by atoms with Crippen molar-refractivity contribution in [3.05, 3.63) is 11.6 Å². The third-order valence-corrected chi connectivity index (χ3v) is 4.40. The third-order valence-electron chi connectivity index (χ3n) is 3.57. The number of rotatable bonds is 3. The molecule has 7 heteroatoms. The molecule has 1 aromatic heterocycles. The van der Waals surface area contributed by atoms with Crippen LogP contribution in [0.5, 0.6) is 0 Å². The number of alkyl halides is 2. The number of carbonyl (C=O) groups is 1. The lowest BCUT2D eigenvalue weighted by Gasteiger charge is -2.30. The van der Waals surface area contributed by atoms with Crippen molar-refractivity contribution in [2.75, 3.05) is 31.1 Å². The van der Waals surface area contributed by atoms with Gasteiger partial charge in [-0.25, -0.2) is 13.8 Å². The number of halogens is 2. The Morgan fingerprint density at radius 3 is 2.70 bits per heavy atom. The van der Waals surface area contributed by atoms with Crippen LogP contribution in [0.4, 0.5) is 13.9 Å². The molecule has 0 aliphatic carbocycles. The Morgan fingerprint density at radius 2 is 2.10 bits per heavy atom. The molecule has 20 heavy (non-hydrogen) atoms. The molecule has 4 nitrogen and oxygen atoms in total. The monoisotopic (exact) mass is 303 g/mol. The number of hydrogen-bond donors (Lipinski definition) is 0. The van der Waals surface area contributed by atoms with Gasteiger partial charge in [0.15, 0.2) is 5.13 Å². The summed E-state index contributed by atoms with van der Waals surface area (Å²) in [5.41, 5.74) is -1.61. The van der Waals surface area contributed by atoms with Crippen molar-refractivity contribution in [2.24, 2.45) is 5.41 Å². The van der Waals surface area contributed by atoms with Gasteiger partial charge in [0.05, 0.1) is 0 Å². The zero-order valence-corrected chi connectivity index (χ0v) is 12.5. The predicted octanol–water partition coefficient (Wildman–Crippen LogP) is 2.47. The average molecular weight is 303 g/mol. The van der Waals surface area contributed by atoms with Crippen molar-refractivity contribution < 1.29 is 13.6 Å². The van der Waals surface area contributed by atoms with Crippen LogP contribution in [0.15, 0.2) is 11.6 Å². The van der Waals surface area contributed by atoms with Crippen LogP contribution >= 0.6 is 11.3 Å². The molecule has 112 valence electrons. The highest BCUT2D eigenvalue weighted by Gasteiger charge is 2.40. The van der Waals surface area contributed by atoms with E-state index in [9.17, 15) is 13.6 Å². The molecule has 1 aromatic rings. The van der Waals surface area contributed by atoms with Crippen LogP contribution in [0.1, 0.15) is 20.3 Å². The first-order chi connectivity index (χ1) is 9.43. The van der Waals surface area contributed by atoms with Gasteiger partial charge in [-0.1, -0.05) is 0 Å².